The molecule has 1 heterocycles. The van der Waals surface area contributed by atoms with Gasteiger partial charge in [-0.2, -0.15) is 11.8 Å². The molecule has 0 spiro atoms. The number of hydrogen-bond acceptors (Lipinski definition) is 2. The second-order valence-electron chi connectivity index (χ2n) is 7.05. The molecule has 1 aliphatic heterocycles. The third-order valence-electron chi connectivity index (χ3n) is 5.17. The topological polar surface area (TPSA) is 20.3 Å². The summed E-state index contributed by atoms with van der Waals surface area (Å²) in [5, 5.41) is -0.149. The maximum Gasteiger partial charge on any atom is 0.253 e. The van der Waals surface area contributed by atoms with Crippen LogP contribution in [0.4, 0.5) is 8.78 Å². The lowest BCUT2D eigenvalue weighted by atomic mass is 10.0. The minimum absolute atomic E-state index is 0.0226. The number of hydrogen-bond donors (Lipinski definition) is 0. The molecule has 1 amide bonds. The van der Waals surface area contributed by atoms with Crippen molar-refractivity contribution in [2.24, 2.45) is 0 Å². The first kappa shape index (κ1) is 19.6. The van der Waals surface area contributed by atoms with E-state index in [1.807, 2.05) is 59.5 Å². The summed E-state index contributed by atoms with van der Waals surface area (Å²) in [7, 11) is 0. The number of amides is 1. The zero-order valence-electron chi connectivity index (χ0n) is 15.9. The third-order valence-corrected chi connectivity index (χ3v) is 6.48. The van der Waals surface area contributed by atoms with Crippen LogP contribution in [0.3, 0.4) is 0 Å². The van der Waals surface area contributed by atoms with Gasteiger partial charge in [-0.25, -0.2) is 8.78 Å². The van der Waals surface area contributed by atoms with Gasteiger partial charge in [0.25, 0.3) is 5.91 Å². The van der Waals surface area contributed by atoms with Crippen molar-refractivity contribution >= 4 is 17.7 Å². The summed E-state index contributed by atoms with van der Waals surface area (Å²) in [5.74, 6) is -0.155. The summed E-state index contributed by atoms with van der Waals surface area (Å²) >= 11 is 1.58. The molecule has 4 rings (SSSR count). The zero-order valence-corrected chi connectivity index (χ0v) is 16.7. The second kappa shape index (κ2) is 8.78. The van der Waals surface area contributed by atoms with Crippen LogP contribution in [-0.4, -0.2) is 29.6 Å². The molecule has 0 aromatic heterocycles. The number of carbonyl (C=O) groups excluding carboxylic acids is 1. The predicted molar refractivity (Wildman–Crippen MR) is 114 cm³/mol. The smallest absolute Gasteiger partial charge is 0.253 e. The van der Waals surface area contributed by atoms with E-state index in [2.05, 4.69) is 0 Å². The highest BCUT2D eigenvalue weighted by Gasteiger charge is 2.25. The Morgan fingerprint density at radius 3 is 2.38 bits per heavy atom. The van der Waals surface area contributed by atoms with Crippen molar-refractivity contribution in [1.29, 1.82) is 0 Å². The average Bonchev–Trinajstić information content (AvgIpc) is 3.02. The molecular weight excluding hydrogens is 388 g/mol. The van der Waals surface area contributed by atoms with E-state index in [4.69, 9.17) is 0 Å². The first-order valence-electron chi connectivity index (χ1n) is 9.63. The molecule has 3 aromatic carbocycles. The first-order chi connectivity index (χ1) is 14.1. The molecule has 0 N–H and O–H groups in total. The molecule has 2 nitrogen and oxygen atoms in total. The summed E-state index contributed by atoms with van der Waals surface area (Å²) in [5.41, 5.74) is 3.20. The van der Waals surface area contributed by atoms with Gasteiger partial charge in [-0.1, -0.05) is 42.5 Å². The Hall–Kier alpha value is -2.66. The van der Waals surface area contributed by atoms with Crippen molar-refractivity contribution in [2.45, 2.75) is 11.7 Å². The number of benzene rings is 3. The van der Waals surface area contributed by atoms with Crippen molar-refractivity contribution in [1.82, 2.24) is 4.90 Å². The molecule has 5 heteroatoms. The minimum atomic E-state index is -0.433. The van der Waals surface area contributed by atoms with E-state index < -0.39 is 5.82 Å². The molecule has 1 unspecified atom stereocenters. The monoisotopic (exact) mass is 409 g/mol. The van der Waals surface area contributed by atoms with E-state index in [1.54, 1.807) is 11.8 Å². The highest BCUT2D eigenvalue weighted by atomic mass is 32.2. The highest BCUT2D eigenvalue weighted by molar-refractivity contribution is 7.99. The van der Waals surface area contributed by atoms with Crippen molar-refractivity contribution in [2.75, 3.05) is 18.8 Å². The second-order valence-corrected chi connectivity index (χ2v) is 8.36. The standard InChI is InChI=1S/C24H21F2NOS/c25-20-10-11-22(26)21(16-20)23-12-13-27(14-15-29-23)24(28)19-8-6-18(7-9-19)17-4-2-1-3-5-17/h1-11,16,23H,12-15H2. The van der Waals surface area contributed by atoms with Gasteiger partial charge in [0.1, 0.15) is 11.6 Å². The van der Waals surface area contributed by atoms with Gasteiger partial charge in [-0.15, -0.1) is 0 Å². The number of rotatable bonds is 3. The van der Waals surface area contributed by atoms with E-state index in [-0.39, 0.29) is 17.0 Å². The molecule has 29 heavy (non-hydrogen) atoms. The van der Waals surface area contributed by atoms with Crippen LogP contribution >= 0.6 is 11.8 Å². The molecule has 3 aromatic rings. The summed E-state index contributed by atoms with van der Waals surface area (Å²) < 4.78 is 27.7. The summed E-state index contributed by atoms with van der Waals surface area (Å²) in [6.07, 6.45) is 0.596. The Kier molecular flexibility index (Phi) is 5.95. The van der Waals surface area contributed by atoms with E-state index in [0.717, 1.165) is 17.2 Å². The predicted octanol–water partition coefficient (Wildman–Crippen LogP) is 5.95. The number of halogens is 2. The minimum Gasteiger partial charge on any atom is -0.338 e. The fourth-order valence-electron chi connectivity index (χ4n) is 3.60. The number of nitrogens with zero attached hydrogens (tertiary/aromatic N) is 1. The van der Waals surface area contributed by atoms with E-state index >= 15 is 0 Å². The molecule has 0 aliphatic carbocycles. The fraction of sp³-hybridized carbons (Fsp3) is 0.208. The highest BCUT2D eigenvalue weighted by Crippen LogP contribution is 2.36. The maximum atomic E-state index is 14.1. The van der Waals surface area contributed by atoms with Gasteiger partial charge in [-0.05, 0) is 47.9 Å². The normalized spacial score (nSPS) is 17.0. The van der Waals surface area contributed by atoms with Crippen molar-refractivity contribution < 1.29 is 13.6 Å². The van der Waals surface area contributed by atoms with Gasteiger partial charge >= 0.3 is 0 Å². The van der Waals surface area contributed by atoms with Crippen molar-refractivity contribution in [3.05, 3.63) is 95.6 Å². The van der Waals surface area contributed by atoms with Crippen LogP contribution in [0.25, 0.3) is 11.1 Å². The molecule has 0 saturated carbocycles. The van der Waals surface area contributed by atoms with Gasteiger partial charge in [0.15, 0.2) is 0 Å². The van der Waals surface area contributed by atoms with E-state index in [1.165, 1.54) is 12.1 Å². The largest absolute Gasteiger partial charge is 0.338 e. The zero-order chi connectivity index (χ0) is 20.2. The lowest BCUT2D eigenvalue weighted by Crippen LogP contribution is -2.32. The van der Waals surface area contributed by atoms with Crippen LogP contribution in [0.5, 0.6) is 0 Å². The molecule has 0 radical (unpaired) electrons. The first-order valence-corrected chi connectivity index (χ1v) is 10.7. The summed E-state index contributed by atoms with van der Waals surface area (Å²) in [4.78, 5) is 14.8. The Labute approximate surface area is 173 Å². The van der Waals surface area contributed by atoms with Crippen molar-refractivity contribution in [3.63, 3.8) is 0 Å². The van der Waals surface area contributed by atoms with Crippen molar-refractivity contribution in [3.8, 4) is 11.1 Å². The molecule has 1 atom stereocenters. The summed E-state index contributed by atoms with van der Waals surface area (Å²) in [6, 6.07) is 21.2. The van der Waals surface area contributed by atoms with Gasteiger partial charge < -0.3 is 4.90 Å². The molecule has 148 valence electrons. The third kappa shape index (κ3) is 4.51. The number of carbonyl (C=O) groups is 1. The Morgan fingerprint density at radius 1 is 0.897 bits per heavy atom. The summed E-state index contributed by atoms with van der Waals surface area (Å²) in [6.45, 7) is 1.12. The lowest BCUT2D eigenvalue weighted by molar-refractivity contribution is 0.0766. The van der Waals surface area contributed by atoms with Crippen LogP contribution in [0.2, 0.25) is 0 Å². The fourth-order valence-corrected chi connectivity index (χ4v) is 4.84. The Bertz CT molecular complexity index is 992. The average molecular weight is 410 g/mol. The molecule has 0 bridgehead atoms. The van der Waals surface area contributed by atoms with Gasteiger partial charge in [0.05, 0.1) is 0 Å². The van der Waals surface area contributed by atoms with E-state index in [9.17, 15) is 13.6 Å². The molecule has 1 fully saturated rings. The quantitative estimate of drug-likeness (QED) is 0.533. The van der Waals surface area contributed by atoms with Crippen LogP contribution in [0, 0.1) is 11.6 Å². The molecular formula is C24H21F2NOS. The van der Waals surface area contributed by atoms with Gasteiger partial charge in [0.2, 0.25) is 0 Å². The Morgan fingerprint density at radius 2 is 1.62 bits per heavy atom. The molecule has 1 aliphatic rings. The Balaban J connectivity index is 1.45. The van der Waals surface area contributed by atoms with Crippen LogP contribution in [-0.2, 0) is 0 Å². The molecule has 1 saturated heterocycles. The van der Waals surface area contributed by atoms with Crippen LogP contribution in [0.15, 0.2) is 72.8 Å². The lowest BCUT2D eigenvalue weighted by Gasteiger charge is -2.20. The van der Waals surface area contributed by atoms with E-state index in [0.29, 0.717) is 36.4 Å². The number of thioether (sulfide) groups is 1. The van der Waals surface area contributed by atoms with Gasteiger partial charge in [0, 0.05) is 35.2 Å². The van der Waals surface area contributed by atoms with Crippen LogP contribution in [0.1, 0.15) is 27.6 Å². The SMILES string of the molecule is O=C(c1ccc(-c2ccccc2)cc1)N1CCSC(c2cc(F)ccc2F)CC1. The van der Waals surface area contributed by atoms with Crippen LogP contribution < -0.4 is 0 Å². The van der Waals surface area contributed by atoms with Gasteiger partial charge in [-0.3, -0.25) is 4.79 Å². The maximum absolute atomic E-state index is 14.1.